The number of hydrogen-bond donors (Lipinski definition) is 3. The monoisotopic (exact) mass is 76.0 g/mol. The van der Waals surface area contributed by atoms with Crippen molar-refractivity contribution in [3.63, 3.8) is 0 Å². The van der Waals surface area contributed by atoms with Crippen molar-refractivity contribution in [1.82, 2.24) is 0 Å². The van der Waals surface area contributed by atoms with Gasteiger partial charge in [0.05, 0.1) is 0 Å². The molecule has 0 radical (unpaired) electrons. The van der Waals surface area contributed by atoms with E-state index in [0.717, 1.165) is 0 Å². The third kappa shape index (κ3) is 3.14. The molecule has 0 heterocycles. The molecule has 3 N–H and O–H groups in total. The molecule has 0 amide bonds. The Labute approximate surface area is 28.8 Å². The van der Waals surface area contributed by atoms with Gasteiger partial charge in [0, 0.05) is 0 Å². The zero-order valence-corrected chi connectivity index (χ0v) is 2.42. The van der Waals surface area contributed by atoms with Crippen LogP contribution in [0.3, 0.4) is 0 Å². The normalized spacial score (nSPS) is 6.40. The molecule has 0 aliphatic rings. The van der Waals surface area contributed by atoms with Crippen LogP contribution in [0.4, 0.5) is 0 Å². The van der Waals surface area contributed by atoms with Crippen LogP contribution < -0.4 is 0 Å². The van der Waals surface area contributed by atoms with Crippen molar-refractivity contribution in [2.45, 2.75) is 0 Å². The molecule has 3 heteroatoms. The average Bonchev–Trinajstić information content (AvgIpc) is 1.38. The number of aliphatic hydroxyl groups excluding tert-OH is 2. The fraction of sp³-hybridized carbons (Fsp3) is 0. The Morgan fingerprint density at radius 3 is 1.60 bits per heavy atom. The molecule has 0 bridgehead atoms. The topological polar surface area (TPSA) is 60.7 Å². The van der Waals surface area contributed by atoms with Gasteiger partial charge in [0.25, 0.3) is 0 Å². The van der Waals surface area contributed by atoms with Crippen LogP contribution in [0.1, 0.15) is 0 Å². The lowest BCUT2D eigenvalue weighted by molar-refractivity contribution is 0.172. The summed E-state index contributed by atoms with van der Waals surface area (Å²) in [6, 6.07) is 0. The van der Waals surface area contributed by atoms with Gasteiger partial charge in [-0.05, 0) is 0 Å². The summed E-state index contributed by atoms with van der Waals surface area (Å²) in [6.07, 6.45) is 0.194. The highest BCUT2D eigenvalue weighted by Crippen LogP contribution is 1.67. The SMILES string of the molecule is OC=C(O)O. The lowest BCUT2D eigenvalue weighted by Crippen LogP contribution is -1.70. The second kappa shape index (κ2) is 1.46. The van der Waals surface area contributed by atoms with E-state index in [9.17, 15) is 0 Å². The quantitative estimate of drug-likeness (QED) is 0.367. The summed E-state index contributed by atoms with van der Waals surface area (Å²) in [7, 11) is 0. The Morgan fingerprint density at radius 1 is 1.40 bits per heavy atom. The molecule has 0 aliphatic carbocycles. The Hall–Kier alpha value is -0.860. The molecule has 0 saturated carbocycles. The molecular weight excluding hydrogens is 72.0 g/mol. The van der Waals surface area contributed by atoms with E-state index in [4.69, 9.17) is 15.3 Å². The van der Waals surface area contributed by atoms with E-state index in [1.807, 2.05) is 0 Å². The Bertz CT molecular complexity index is 42.9. The zero-order valence-electron chi connectivity index (χ0n) is 2.42. The maximum Gasteiger partial charge on any atom is 0.310 e. The summed E-state index contributed by atoms with van der Waals surface area (Å²) in [5, 5.41) is 22.5. The molecule has 5 heavy (non-hydrogen) atoms. The van der Waals surface area contributed by atoms with Crippen LogP contribution in [-0.2, 0) is 0 Å². The molecule has 0 aromatic heterocycles. The van der Waals surface area contributed by atoms with Gasteiger partial charge in [-0.1, -0.05) is 0 Å². The standard InChI is InChI=1S/C2H4O3/c3-1-2(4)5/h1,3-5H. The van der Waals surface area contributed by atoms with Crippen LogP contribution in [0.15, 0.2) is 12.2 Å². The molecule has 30 valence electrons. The molecule has 0 unspecified atom stereocenters. The van der Waals surface area contributed by atoms with E-state index < -0.39 is 5.95 Å². The van der Waals surface area contributed by atoms with E-state index in [0.29, 0.717) is 0 Å². The van der Waals surface area contributed by atoms with Crippen molar-refractivity contribution in [1.29, 1.82) is 0 Å². The molecule has 0 fully saturated rings. The van der Waals surface area contributed by atoms with E-state index in [1.165, 1.54) is 0 Å². The van der Waals surface area contributed by atoms with Gasteiger partial charge in [0.15, 0.2) is 6.26 Å². The van der Waals surface area contributed by atoms with Crippen molar-refractivity contribution >= 4 is 0 Å². The van der Waals surface area contributed by atoms with Gasteiger partial charge in [-0.3, -0.25) is 0 Å². The van der Waals surface area contributed by atoms with Gasteiger partial charge < -0.3 is 15.3 Å². The molecule has 0 atom stereocenters. The predicted octanol–water partition coefficient (Wildman–Crippen LogP) is 0.459. The van der Waals surface area contributed by atoms with Crippen molar-refractivity contribution in [2.75, 3.05) is 0 Å². The summed E-state index contributed by atoms with van der Waals surface area (Å²) >= 11 is 0. The maximum atomic E-state index is 7.53. The highest BCUT2D eigenvalue weighted by molar-refractivity contribution is 4.63. The fourth-order valence-electron chi connectivity index (χ4n) is 0. The minimum atomic E-state index is -1.06. The molecule has 0 aliphatic heterocycles. The van der Waals surface area contributed by atoms with Crippen LogP contribution in [0.25, 0.3) is 0 Å². The molecular formula is C2H4O3. The van der Waals surface area contributed by atoms with Crippen LogP contribution in [0.2, 0.25) is 0 Å². The van der Waals surface area contributed by atoms with Crippen molar-refractivity contribution in [3.8, 4) is 0 Å². The van der Waals surface area contributed by atoms with E-state index in [-0.39, 0.29) is 6.26 Å². The lowest BCUT2D eigenvalue weighted by atomic mass is 11.0. The van der Waals surface area contributed by atoms with Crippen molar-refractivity contribution < 1.29 is 15.3 Å². The van der Waals surface area contributed by atoms with Crippen LogP contribution in [-0.4, -0.2) is 15.3 Å². The summed E-state index contributed by atoms with van der Waals surface area (Å²) in [4.78, 5) is 0. The highest BCUT2D eigenvalue weighted by Gasteiger charge is 1.69. The largest absolute Gasteiger partial charge is 0.508 e. The van der Waals surface area contributed by atoms with Crippen LogP contribution in [0.5, 0.6) is 0 Å². The van der Waals surface area contributed by atoms with E-state index in [1.54, 1.807) is 0 Å². The molecule has 3 nitrogen and oxygen atoms in total. The highest BCUT2D eigenvalue weighted by atomic mass is 16.5. The first-order valence-corrected chi connectivity index (χ1v) is 0.994. The average molecular weight is 76.1 g/mol. The smallest absolute Gasteiger partial charge is 0.310 e. The summed E-state index contributed by atoms with van der Waals surface area (Å²) in [6.45, 7) is 0. The molecule has 0 aromatic carbocycles. The van der Waals surface area contributed by atoms with Gasteiger partial charge >= 0.3 is 5.95 Å². The van der Waals surface area contributed by atoms with Crippen molar-refractivity contribution in [2.24, 2.45) is 0 Å². The van der Waals surface area contributed by atoms with Crippen LogP contribution >= 0.6 is 0 Å². The second-order valence-corrected chi connectivity index (χ2v) is 0.487. The number of aliphatic hydroxyl groups is 3. The van der Waals surface area contributed by atoms with Gasteiger partial charge in [0.1, 0.15) is 0 Å². The second-order valence-electron chi connectivity index (χ2n) is 0.487. The third-order valence-corrected chi connectivity index (χ3v) is 0.115. The third-order valence-electron chi connectivity index (χ3n) is 0.115. The Balaban J connectivity index is 3.14. The first-order chi connectivity index (χ1) is 2.27. The van der Waals surface area contributed by atoms with Gasteiger partial charge in [0.2, 0.25) is 0 Å². The molecule has 0 rings (SSSR count). The zero-order chi connectivity index (χ0) is 4.28. The fourth-order valence-corrected chi connectivity index (χ4v) is 0. The first-order valence-electron chi connectivity index (χ1n) is 0.994. The van der Waals surface area contributed by atoms with E-state index in [2.05, 4.69) is 0 Å². The molecule has 0 spiro atoms. The molecule has 0 saturated heterocycles. The summed E-state index contributed by atoms with van der Waals surface area (Å²) in [5.41, 5.74) is 0. The van der Waals surface area contributed by atoms with Gasteiger partial charge in [-0.2, -0.15) is 0 Å². The minimum absolute atomic E-state index is 0.194. The minimum Gasteiger partial charge on any atom is -0.508 e. The van der Waals surface area contributed by atoms with Gasteiger partial charge in [-0.25, -0.2) is 0 Å². The summed E-state index contributed by atoms with van der Waals surface area (Å²) in [5.74, 6) is -1.06. The van der Waals surface area contributed by atoms with E-state index >= 15 is 0 Å². The van der Waals surface area contributed by atoms with Gasteiger partial charge in [-0.15, -0.1) is 0 Å². The van der Waals surface area contributed by atoms with Crippen LogP contribution in [0, 0.1) is 0 Å². The Kier molecular flexibility index (Phi) is 1.21. The lowest BCUT2D eigenvalue weighted by Gasteiger charge is -1.74. The maximum absolute atomic E-state index is 7.53. The number of hydrogen-bond acceptors (Lipinski definition) is 3. The predicted molar refractivity (Wildman–Crippen MR) is 16.0 cm³/mol. The Morgan fingerprint density at radius 2 is 1.60 bits per heavy atom. The number of rotatable bonds is 0. The van der Waals surface area contributed by atoms with Crippen molar-refractivity contribution in [3.05, 3.63) is 12.2 Å². The first kappa shape index (κ1) is 4.14. The molecule has 0 aromatic rings. The summed E-state index contributed by atoms with van der Waals surface area (Å²) < 4.78 is 0.